The van der Waals surface area contributed by atoms with Crippen LogP contribution in [0.4, 0.5) is 5.69 Å². The van der Waals surface area contributed by atoms with Gasteiger partial charge in [-0.25, -0.2) is 0 Å². The Bertz CT molecular complexity index is 593. The summed E-state index contributed by atoms with van der Waals surface area (Å²) in [6.07, 6.45) is 2.45. The molecule has 23 heavy (non-hydrogen) atoms. The van der Waals surface area contributed by atoms with E-state index in [-0.39, 0.29) is 30.3 Å². The highest BCUT2D eigenvalue weighted by Crippen LogP contribution is 2.26. The Kier molecular flexibility index (Phi) is 5.65. The van der Waals surface area contributed by atoms with Crippen LogP contribution in [0.5, 0.6) is 0 Å². The highest BCUT2D eigenvalue weighted by molar-refractivity contribution is 5.99. The Hall–Kier alpha value is -1.59. The lowest BCUT2D eigenvalue weighted by Crippen LogP contribution is -2.34. The van der Waals surface area contributed by atoms with Crippen LogP contribution in [0, 0.1) is 5.92 Å². The van der Waals surface area contributed by atoms with Gasteiger partial charge in [-0.3, -0.25) is 9.59 Å². The number of hydrogen-bond acceptors (Lipinski definition) is 3. The predicted octanol–water partition coefficient (Wildman–Crippen LogP) is 2.04. The molecule has 1 aromatic rings. The van der Waals surface area contributed by atoms with E-state index in [2.05, 4.69) is 6.92 Å². The Labute approximate surface area is 143 Å². The van der Waals surface area contributed by atoms with Gasteiger partial charge in [0.15, 0.2) is 0 Å². The maximum Gasteiger partial charge on any atom is 0.254 e. The summed E-state index contributed by atoms with van der Waals surface area (Å²) in [4.78, 5) is 28.3. The largest absolute Gasteiger partial charge is 0.336 e. The van der Waals surface area contributed by atoms with E-state index in [9.17, 15) is 9.59 Å². The molecule has 0 aromatic heterocycles. The second-order valence-corrected chi connectivity index (χ2v) is 6.34. The zero-order valence-corrected chi connectivity index (χ0v) is 14.2. The number of nitrogens with two attached hydrogens (primary N) is 1. The molecule has 0 radical (unpaired) electrons. The fraction of sp³-hybridized carbons (Fsp3) is 0.529. The minimum Gasteiger partial charge on any atom is -0.336 e. The molecule has 1 aromatic carbocycles. The molecule has 2 unspecified atom stereocenters. The van der Waals surface area contributed by atoms with E-state index in [0.29, 0.717) is 24.4 Å². The first-order valence-corrected chi connectivity index (χ1v) is 8.01. The lowest BCUT2D eigenvalue weighted by atomic mass is 10.1. The van der Waals surface area contributed by atoms with Crippen LogP contribution < -0.4 is 10.6 Å². The summed E-state index contributed by atoms with van der Waals surface area (Å²) < 4.78 is 0. The van der Waals surface area contributed by atoms with Gasteiger partial charge in [0.05, 0.1) is 0 Å². The predicted molar refractivity (Wildman–Crippen MR) is 92.9 cm³/mol. The number of carbonyl (C=O) groups is 2. The third kappa shape index (κ3) is 3.51. The Balaban J connectivity index is 0.00000192. The number of rotatable bonds is 3. The number of anilines is 1. The van der Waals surface area contributed by atoms with Crippen LogP contribution in [-0.2, 0) is 4.79 Å². The van der Waals surface area contributed by atoms with Gasteiger partial charge in [-0.05, 0) is 50.4 Å². The molecule has 0 saturated carbocycles. The molecule has 2 aliphatic rings. The molecule has 2 atom stereocenters. The molecule has 2 saturated heterocycles. The average Bonchev–Trinajstić information content (AvgIpc) is 3.12. The average molecular weight is 338 g/mol. The maximum absolute atomic E-state index is 12.7. The molecular weight excluding hydrogens is 314 g/mol. The molecule has 2 heterocycles. The Morgan fingerprint density at radius 3 is 2.78 bits per heavy atom. The number of amides is 2. The number of halogens is 1. The van der Waals surface area contributed by atoms with Crippen LogP contribution in [0.1, 0.15) is 36.5 Å². The van der Waals surface area contributed by atoms with Crippen LogP contribution in [0.15, 0.2) is 24.3 Å². The number of hydrogen-bond donors (Lipinski definition) is 1. The molecule has 2 aliphatic heterocycles. The van der Waals surface area contributed by atoms with Gasteiger partial charge in [0.1, 0.15) is 0 Å². The summed E-state index contributed by atoms with van der Waals surface area (Å²) in [6.45, 7) is 4.16. The normalized spacial score (nSPS) is 24.0. The summed E-state index contributed by atoms with van der Waals surface area (Å²) >= 11 is 0. The van der Waals surface area contributed by atoms with Crippen LogP contribution >= 0.6 is 12.4 Å². The van der Waals surface area contributed by atoms with Gasteiger partial charge in [0.25, 0.3) is 5.91 Å². The van der Waals surface area contributed by atoms with Gasteiger partial charge in [0.2, 0.25) is 5.91 Å². The number of nitrogens with zero attached hydrogens (tertiary/aromatic N) is 2. The molecule has 2 N–H and O–H groups in total. The number of likely N-dealkylation sites (tertiary alicyclic amines) is 1. The molecule has 0 spiro atoms. The van der Waals surface area contributed by atoms with Crippen molar-refractivity contribution in [2.45, 2.75) is 32.2 Å². The zero-order valence-electron chi connectivity index (χ0n) is 13.4. The van der Waals surface area contributed by atoms with Gasteiger partial charge in [-0.1, -0.05) is 6.07 Å². The molecule has 126 valence electrons. The van der Waals surface area contributed by atoms with Crippen LogP contribution in [0.25, 0.3) is 0 Å². The van der Waals surface area contributed by atoms with Crippen molar-refractivity contribution in [2.75, 3.05) is 24.5 Å². The summed E-state index contributed by atoms with van der Waals surface area (Å²) in [7, 11) is 0. The smallest absolute Gasteiger partial charge is 0.254 e. The second-order valence-electron chi connectivity index (χ2n) is 6.34. The standard InChI is InChI=1S/C17H23N3O2.ClH/c1-12-8-13(10-18)11-20(12)17(22)14-4-2-5-15(9-14)19-7-3-6-16(19)21;/h2,4-5,9,12-13H,3,6-8,10-11,18H2,1H3;1H. The molecule has 6 heteroatoms. The first-order valence-electron chi connectivity index (χ1n) is 8.01. The van der Waals surface area contributed by atoms with E-state index in [1.165, 1.54) is 0 Å². The van der Waals surface area contributed by atoms with Crippen molar-refractivity contribution in [3.63, 3.8) is 0 Å². The van der Waals surface area contributed by atoms with Crippen molar-refractivity contribution in [1.29, 1.82) is 0 Å². The van der Waals surface area contributed by atoms with Crippen molar-refractivity contribution >= 4 is 29.9 Å². The van der Waals surface area contributed by atoms with E-state index in [1.54, 1.807) is 4.90 Å². The maximum atomic E-state index is 12.7. The van der Waals surface area contributed by atoms with Gasteiger partial charge < -0.3 is 15.5 Å². The first-order chi connectivity index (χ1) is 10.6. The van der Waals surface area contributed by atoms with Crippen molar-refractivity contribution < 1.29 is 9.59 Å². The monoisotopic (exact) mass is 337 g/mol. The van der Waals surface area contributed by atoms with Crippen molar-refractivity contribution in [2.24, 2.45) is 11.7 Å². The first kappa shape index (κ1) is 17.8. The van der Waals surface area contributed by atoms with Crippen molar-refractivity contribution in [3.05, 3.63) is 29.8 Å². The van der Waals surface area contributed by atoms with Gasteiger partial charge in [-0.15, -0.1) is 12.4 Å². The van der Waals surface area contributed by atoms with Crippen LogP contribution in [0.3, 0.4) is 0 Å². The SMILES string of the molecule is CC1CC(CN)CN1C(=O)c1cccc(N2CCCC2=O)c1.Cl. The van der Waals surface area contributed by atoms with Gasteiger partial charge in [0, 0.05) is 36.8 Å². The third-order valence-electron chi connectivity index (χ3n) is 4.73. The number of benzene rings is 1. The van der Waals surface area contributed by atoms with E-state index >= 15 is 0 Å². The minimum atomic E-state index is 0. The van der Waals surface area contributed by atoms with Crippen LogP contribution in [-0.4, -0.2) is 42.4 Å². The van der Waals surface area contributed by atoms with E-state index < -0.39 is 0 Å². The zero-order chi connectivity index (χ0) is 15.7. The van der Waals surface area contributed by atoms with Gasteiger partial charge in [-0.2, -0.15) is 0 Å². The molecule has 2 amide bonds. The fourth-order valence-corrected chi connectivity index (χ4v) is 3.49. The topological polar surface area (TPSA) is 66.6 Å². The Morgan fingerprint density at radius 2 is 2.17 bits per heavy atom. The number of carbonyl (C=O) groups excluding carboxylic acids is 2. The molecule has 0 aliphatic carbocycles. The van der Waals surface area contributed by atoms with Gasteiger partial charge >= 0.3 is 0 Å². The second kappa shape index (κ2) is 7.32. The summed E-state index contributed by atoms with van der Waals surface area (Å²) in [5, 5.41) is 0. The van der Waals surface area contributed by atoms with E-state index in [0.717, 1.165) is 31.6 Å². The summed E-state index contributed by atoms with van der Waals surface area (Å²) in [6, 6.07) is 7.65. The molecule has 3 rings (SSSR count). The van der Waals surface area contributed by atoms with E-state index in [4.69, 9.17) is 5.73 Å². The van der Waals surface area contributed by atoms with E-state index in [1.807, 2.05) is 29.2 Å². The molecule has 2 fully saturated rings. The van der Waals surface area contributed by atoms with Crippen molar-refractivity contribution in [3.8, 4) is 0 Å². The molecule has 5 nitrogen and oxygen atoms in total. The lowest BCUT2D eigenvalue weighted by molar-refractivity contribution is -0.117. The van der Waals surface area contributed by atoms with Crippen molar-refractivity contribution in [1.82, 2.24) is 4.90 Å². The third-order valence-corrected chi connectivity index (χ3v) is 4.73. The summed E-state index contributed by atoms with van der Waals surface area (Å²) in [5.74, 6) is 0.571. The Morgan fingerprint density at radius 1 is 1.39 bits per heavy atom. The lowest BCUT2D eigenvalue weighted by Gasteiger charge is -2.23. The minimum absolute atomic E-state index is 0. The summed E-state index contributed by atoms with van der Waals surface area (Å²) in [5.41, 5.74) is 7.22. The quantitative estimate of drug-likeness (QED) is 0.917. The van der Waals surface area contributed by atoms with Crippen LogP contribution in [0.2, 0.25) is 0 Å². The highest BCUT2D eigenvalue weighted by atomic mass is 35.5. The molecular formula is C17H24ClN3O2. The fourth-order valence-electron chi connectivity index (χ4n) is 3.49. The molecule has 0 bridgehead atoms. The highest BCUT2D eigenvalue weighted by Gasteiger charge is 2.32.